The average Bonchev–Trinajstić information content (AvgIpc) is 2.96. The van der Waals surface area contributed by atoms with Gasteiger partial charge in [-0.2, -0.15) is 5.10 Å². The molecular formula is C31H49N5O. The molecule has 0 radical (unpaired) electrons. The summed E-state index contributed by atoms with van der Waals surface area (Å²) in [4.78, 5) is 17.4. The Kier molecular flexibility index (Phi) is 11.5. The highest BCUT2D eigenvalue weighted by molar-refractivity contribution is 6.08. The smallest absolute Gasteiger partial charge is 0.222 e. The highest BCUT2D eigenvalue weighted by Gasteiger charge is 2.26. The Labute approximate surface area is 224 Å². The minimum atomic E-state index is -0.129. The average molecular weight is 508 g/mol. The molecule has 2 N–H and O–H groups in total. The molecule has 1 aliphatic carbocycles. The van der Waals surface area contributed by atoms with E-state index in [2.05, 4.69) is 21.9 Å². The largest absolute Gasteiger partial charge is 0.340 e. The highest BCUT2D eigenvalue weighted by atomic mass is 16.2. The van der Waals surface area contributed by atoms with E-state index in [1.165, 1.54) is 70.6 Å². The van der Waals surface area contributed by atoms with Crippen LogP contribution >= 0.6 is 0 Å². The minimum Gasteiger partial charge on any atom is -0.340 e. The number of allylic oxidation sites excluding steroid dienone is 1. The summed E-state index contributed by atoms with van der Waals surface area (Å²) in [5, 5.41) is 6.80. The van der Waals surface area contributed by atoms with E-state index >= 15 is 0 Å². The Morgan fingerprint density at radius 3 is 2.19 bits per heavy atom. The number of hydrazone groups is 1. The molecule has 1 saturated heterocycles. The van der Waals surface area contributed by atoms with Gasteiger partial charge in [-0.3, -0.25) is 14.7 Å². The second-order valence-electron chi connectivity index (χ2n) is 11.2. The summed E-state index contributed by atoms with van der Waals surface area (Å²) in [7, 11) is 0. The zero-order chi connectivity index (χ0) is 25.7. The Bertz CT molecular complexity index is 856. The molecular weight excluding hydrogens is 458 g/mol. The van der Waals surface area contributed by atoms with E-state index in [-0.39, 0.29) is 6.17 Å². The lowest BCUT2D eigenvalue weighted by Gasteiger charge is -2.40. The van der Waals surface area contributed by atoms with Crippen molar-refractivity contribution in [2.24, 2.45) is 10.8 Å². The van der Waals surface area contributed by atoms with Crippen molar-refractivity contribution in [2.75, 3.05) is 32.7 Å². The fourth-order valence-electron chi connectivity index (χ4n) is 6.04. The monoisotopic (exact) mass is 507 g/mol. The molecule has 6 nitrogen and oxygen atoms in total. The fourth-order valence-corrected chi connectivity index (χ4v) is 6.04. The first-order chi connectivity index (χ1) is 18.2. The summed E-state index contributed by atoms with van der Waals surface area (Å²) < 4.78 is 0. The Morgan fingerprint density at radius 2 is 1.49 bits per heavy atom. The van der Waals surface area contributed by atoms with E-state index in [1.54, 1.807) is 0 Å². The van der Waals surface area contributed by atoms with Gasteiger partial charge in [-0.05, 0) is 37.8 Å². The fraction of sp³-hybridized carbons (Fsp3) is 0.677. The van der Waals surface area contributed by atoms with Gasteiger partial charge < -0.3 is 10.6 Å². The molecule has 2 aliphatic heterocycles. The van der Waals surface area contributed by atoms with Crippen LogP contribution in [0.3, 0.4) is 0 Å². The molecule has 4 rings (SSSR count). The molecule has 0 aromatic heterocycles. The normalized spacial score (nSPS) is 21.3. The van der Waals surface area contributed by atoms with Crippen LogP contribution in [-0.2, 0) is 4.79 Å². The van der Waals surface area contributed by atoms with E-state index in [4.69, 9.17) is 10.8 Å². The van der Waals surface area contributed by atoms with Crippen molar-refractivity contribution < 1.29 is 4.79 Å². The maximum Gasteiger partial charge on any atom is 0.222 e. The van der Waals surface area contributed by atoms with Crippen molar-refractivity contribution in [1.82, 2.24) is 14.8 Å². The third kappa shape index (κ3) is 8.96. The second kappa shape index (κ2) is 15.3. The molecule has 3 aliphatic rings. The van der Waals surface area contributed by atoms with E-state index < -0.39 is 0 Å². The van der Waals surface area contributed by atoms with Crippen molar-refractivity contribution in [2.45, 2.75) is 102 Å². The van der Waals surface area contributed by atoms with E-state index in [0.717, 1.165) is 69.3 Å². The van der Waals surface area contributed by atoms with Crippen LogP contribution in [0, 0.1) is 0 Å². The summed E-state index contributed by atoms with van der Waals surface area (Å²) >= 11 is 0. The number of unbranched alkanes of at least 4 members (excludes halogenated alkanes) is 7. The molecule has 1 aromatic rings. The molecule has 2 fully saturated rings. The summed E-state index contributed by atoms with van der Waals surface area (Å²) in [6, 6.07) is 11.1. The maximum atomic E-state index is 12.6. The first-order valence-electron chi connectivity index (χ1n) is 15.1. The lowest BCUT2D eigenvalue weighted by molar-refractivity contribution is -0.133. The van der Waals surface area contributed by atoms with E-state index in [9.17, 15) is 4.79 Å². The van der Waals surface area contributed by atoms with Gasteiger partial charge in [0.05, 0.1) is 5.71 Å². The molecule has 0 bridgehead atoms. The van der Waals surface area contributed by atoms with Crippen LogP contribution in [0.2, 0.25) is 0 Å². The van der Waals surface area contributed by atoms with Crippen molar-refractivity contribution in [1.29, 1.82) is 0 Å². The number of rotatable bonds is 13. The topological polar surface area (TPSA) is 65.2 Å². The molecule has 6 heteroatoms. The molecule has 1 aromatic carbocycles. The zero-order valence-corrected chi connectivity index (χ0v) is 22.9. The third-order valence-corrected chi connectivity index (χ3v) is 8.39. The molecule has 1 amide bonds. The predicted octanol–water partition coefficient (Wildman–Crippen LogP) is 5.54. The van der Waals surface area contributed by atoms with Crippen LogP contribution in [0.25, 0.3) is 0 Å². The second-order valence-corrected chi connectivity index (χ2v) is 11.2. The van der Waals surface area contributed by atoms with Crippen molar-refractivity contribution in [3.63, 3.8) is 0 Å². The van der Waals surface area contributed by atoms with Crippen LogP contribution in [-0.4, -0.2) is 71.4 Å². The number of amides is 1. The van der Waals surface area contributed by atoms with Gasteiger partial charge in [0, 0.05) is 50.7 Å². The van der Waals surface area contributed by atoms with Gasteiger partial charge in [0.25, 0.3) is 0 Å². The molecule has 0 spiro atoms. The first kappa shape index (κ1) is 27.8. The molecule has 1 unspecified atom stereocenters. The van der Waals surface area contributed by atoms with E-state index in [0.29, 0.717) is 5.91 Å². The van der Waals surface area contributed by atoms with Crippen molar-refractivity contribution >= 4 is 11.6 Å². The van der Waals surface area contributed by atoms with Gasteiger partial charge in [0.1, 0.15) is 6.17 Å². The Morgan fingerprint density at radius 1 is 0.838 bits per heavy atom. The predicted molar refractivity (Wildman–Crippen MR) is 153 cm³/mol. The van der Waals surface area contributed by atoms with Gasteiger partial charge >= 0.3 is 0 Å². The number of carbonyl (C=O) groups is 1. The Balaban J connectivity index is 0.989. The summed E-state index contributed by atoms with van der Waals surface area (Å²) in [6.07, 6.45) is 21.2. The number of nitrogens with two attached hydrogens (primary N) is 1. The number of hydrogen-bond donors (Lipinski definition) is 1. The van der Waals surface area contributed by atoms with Crippen molar-refractivity contribution in [3.8, 4) is 0 Å². The van der Waals surface area contributed by atoms with Gasteiger partial charge in [0.15, 0.2) is 0 Å². The molecule has 2 heterocycles. The minimum absolute atomic E-state index is 0.129. The number of piperazine rings is 1. The standard InChI is InChI=1S/C31H49N5O/c32-30-21-20-29(27-15-9-7-10-16-27)33-36(30)22-14-6-4-2-1-3-5-13-19-31(37)35-25-23-34(24-26-35)28-17-11-8-12-18-28/h7,9-10,15-16,20-21,28,30H,1-6,8,11-14,17-19,22-26,32H2. The van der Waals surface area contributed by atoms with Crippen molar-refractivity contribution in [3.05, 3.63) is 48.0 Å². The molecule has 37 heavy (non-hydrogen) atoms. The third-order valence-electron chi connectivity index (χ3n) is 8.39. The number of benzene rings is 1. The molecule has 1 saturated carbocycles. The lowest BCUT2D eigenvalue weighted by Crippen LogP contribution is -2.52. The van der Waals surface area contributed by atoms with Gasteiger partial charge in [-0.1, -0.05) is 88.1 Å². The quantitative estimate of drug-likeness (QED) is 0.356. The summed E-state index contributed by atoms with van der Waals surface area (Å²) in [5.41, 5.74) is 8.36. The number of carbonyl (C=O) groups excluding carboxylic acids is 1. The van der Waals surface area contributed by atoms with Crippen LogP contribution in [0.1, 0.15) is 95.5 Å². The summed E-state index contributed by atoms with van der Waals surface area (Å²) in [5.74, 6) is 0.382. The van der Waals surface area contributed by atoms with Crippen LogP contribution < -0.4 is 5.73 Å². The van der Waals surface area contributed by atoms with Gasteiger partial charge in [0.2, 0.25) is 5.91 Å². The van der Waals surface area contributed by atoms with Crippen LogP contribution in [0.15, 0.2) is 47.6 Å². The highest BCUT2D eigenvalue weighted by Crippen LogP contribution is 2.23. The van der Waals surface area contributed by atoms with E-state index in [1.807, 2.05) is 35.4 Å². The number of nitrogens with zero attached hydrogens (tertiary/aromatic N) is 4. The summed E-state index contributed by atoms with van der Waals surface area (Å²) in [6.45, 7) is 4.94. The first-order valence-corrected chi connectivity index (χ1v) is 15.1. The van der Waals surface area contributed by atoms with Gasteiger partial charge in [-0.15, -0.1) is 0 Å². The number of hydrogen-bond acceptors (Lipinski definition) is 5. The van der Waals surface area contributed by atoms with Crippen LogP contribution in [0.4, 0.5) is 0 Å². The molecule has 1 atom stereocenters. The zero-order valence-electron chi connectivity index (χ0n) is 22.9. The Hall–Kier alpha value is -2.18. The SMILES string of the molecule is NC1C=CC(c2ccccc2)=NN1CCCCCCCCCCC(=O)N1CCN(C2CCCCC2)CC1. The maximum absolute atomic E-state index is 12.6. The molecule has 204 valence electrons. The lowest BCUT2D eigenvalue weighted by atomic mass is 9.94. The van der Waals surface area contributed by atoms with Gasteiger partial charge in [-0.25, -0.2) is 0 Å². The van der Waals surface area contributed by atoms with Crippen LogP contribution in [0.5, 0.6) is 0 Å².